The average Bonchev–Trinajstić information content (AvgIpc) is 2.57. The van der Waals surface area contributed by atoms with E-state index in [0.29, 0.717) is 6.07 Å². The highest BCUT2D eigenvalue weighted by Crippen LogP contribution is 2.16. The zero-order valence-corrected chi connectivity index (χ0v) is 13.0. The number of carbonyl (C=O) groups is 1. The summed E-state index contributed by atoms with van der Waals surface area (Å²) in [6.07, 6.45) is 1.17. The van der Waals surface area contributed by atoms with Crippen molar-refractivity contribution in [1.82, 2.24) is 14.5 Å². The zero-order valence-electron chi connectivity index (χ0n) is 13.0. The van der Waals surface area contributed by atoms with Crippen LogP contribution < -0.4 is 16.6 Å². The van der Waals surface area contributed by atoms with E-state index in [1.807, 2.05) is 0 Å². The standard InChI is InChI=1S/C16H12F2N4O3/c1-2-22-13-10(15(24)21-16(22)25)5-8(7-19-13)14(23)20-12-4-3-9(17)6-11(12)18/h3-7H,2H2,1H3,(H,20,23)(H,21,24,25). The van der Waals surface area contributed by atoms with Gasteiger partial charge in [-0.1, -0.05) is 0 Å². The van der Waals surface area contributed by atoms with Crippen LogP contribution >= 0.6 is 0 Å². The highest BCUT2D eigenvalue weighted by Gasteiger charge is 2.14. The number of pyridine rings is 1. The molecule has 0 spiro atoms. The lowest BCUT2D eigenvalue weighted by atomic mass is 10.2. The van der Waals surface area contributed by atoms with Gasteiger partial charge in [0.05, 0.1) is 16.6 Å². The minimum atomic E-state index is -0.931. The predicted octanol–water partition coefficient (Wildman–Crippen LogP) is 1.64. The maximum atomic E-state index is 13.6. The lowest BCUT2D eigenvalue weighted by molar-refractivity contribution is 0.102. The summed E-state index contributed by atoms with van der Waals surface area (Å²) < 4.78 is 27.8. The van der Waals surface area contributed by atoms with E-state index in [4.69, 9.17) is 0 Å². The second kappa shape index (κ2) is 6.27. The van der Waals surface area contributed by atoms with E-state index in [-0.39, 0.29) is 28.8 Å². The number of hydrogen-bond donors (Lipinski definition) is 2. The van der Waals surface area contributed by atoms with Crippen molar-refractivity contribution in [3.63, 3.8) is 0 Å². The fourth-order valence-electron chi connectivity index (χ4n) is 2.37. The van der Waals surface area contributed by atoms with Gasteiger partial charge in [0.1, 0.15) is 17.3 Å². The lowest BCUT2D eigenvalue weighted by Crippen LogP contribution is -2.30. The Balaban J connectivity index is 2.03. The van der Waals surface area contributed by atoms with Gasteiger partial charge in [0, 0.05) is 18.8 Å². The molecule has 25 heavy (non-hydrogen) atoms. The first-order valence-corrected chi connectivity index (χ1v) is 7.30. The number of aromatic nitrogens is 3. The Morgan fingerprint density at radius 2 is 2.04 bits per heavy atom. The normalized spacial score (nSPS) is 10.8. The molecule has 0 fully saturated rings. The van der Waals surface area contributed by atoms with Crippen molar-refractivity contribution >= 4 is 22.6 Å². The van der Waals surface area contributed by atoms with E-state index < -0.39 is 28.8 Å². The van der Waals surface area contributed by atoms with E-state index in [1.54, 1.807) is 6.92 Å². The number of nitrogens with one attached hydrogen (secondary N) is 2. The molecule has 2 aromatic heterocycles. The lowest BCUT2D eigenvalue weighted by Gasteiger charge is -2.09. The molecule has 2 N–H and O–H groups in total. The van der Waals surface area contributed by atoms with Gasteiger partial charge >= 0.3 is 5.69 Å². The molecule has 3 aromatic rings. The molecule has 0 atom stereocenters. The van der Waals surface area contributed by atoms with Crippen LogP contribution in [-0.4, -0.2) is 20.4 Å². The summed E-state index contributed by atoms with van der Waals surface area (Å²) >= 11 is 0. The highest BCUT2D eigenvalue weighted by atomic mass is 19.1. The summed E-state index contributed by atoms with van der Waals surface area (Å²) in [5.74, 6) is -2.43. The molecule has 0 saturated heterocycles. The highest BCUT2D eigenvalue weighted by molar-refractivity contribution is 6.05. The Morgan fingerprint density at radius 3 is 2.72 bits per heavy atom. The van der Waals surface area contributed by atoms with E-state index in [0.717, 1.165) is 12.1 Å². The van der Waals surface area contributed by atoms with Crippen LogP contribution in [-0.2, 0) is 6.54 Å². The van der Waals surface area contributed by atoms with Crippen molar-refractivity contribution < 1.29 is 13.6 Å². The molecule has 128 valence electrons. The fraction of sp³-hybridized carbons (Fsp3) is 0.125. The van der Waals surface area contributed by atoms with E-state index in [9.17, 15) is 23.2 Å². The molecule has 0 aliphatic rings. The number of benzene rings is 1. The van der Waals surface area contributed by atoms with Crippen LogP contribution in [0.5, 0.6) is 0 Å². The number of fused-ring (bicyclic) bond motifs is 1. The summed E-state index contributed by atoms with van der Waals surface area (Å²) in [5, 5.41) is 2.33. The van der Waals surface area contributed by atoms with Crippen molar-refractivity contribution in [3.8, 4) is 0 Å². The first-order chi connectivity index (χ1) is 11.9. The predicted molar refractivity (Wildman–Crippen MR) is 86.6 cm³/mol. The minimum Gasteiger partial charge on any atom is -0.319 e. The molecule has 0 aliphatic heterocycles. The van der Waals surface area contributed by atoms with Crippen LogP contribution in [0.2, 0.25) is 0 Å². The van der Waals surface area contributed by atoms with Crippen molar-refractivity contribution in [2.24, 2.45) is 0 Å². The maximum Gasteiger partial charge on any atom is 0.329 e. The van der Waals surface area contributed by atoms with Gasteiger partial charge in [0.2, 0.25) is 0 Å². The third-order valence-corrected chi connectivity index (χ3v) is 3.59. The van der Waals surface area contributed by atoms with Crippen LogP contribution in [0.15, 0.2) is 40.1 Å². The summed E-state index contributed by atoms with van der Waals surface area (Å²) in [7, 11) is 0. The number of aromatic amines is 1. The molecular weight excluding hydrogens is 334 g/mol. The second-order valence-corrected chi connectivity index (χ2v) is 5.18. The molecule has 0 unspecified atom stereocenters. The van der Waals surface area contributed by atoms with Gasteiger partial charge in [0.25, 0.3) is 11.5 Å². The van der Waals surface area contributed by atoms with Crippen molar-refractivity contribution in [3.05, 3.63) is 68.5 Å². The average molecular weight is 346 g/mol. The Morgan fingerprint density at radius 1 is 1.28 bits per heavy atom. The monoisotopic (exact) mass is 346 g/mol. The van der Waals surface area contributed by atoms with Gasteiger partial charge in [-0.05, 0) is 25.1 Å². The Bertz CT molecular complexity index is 1100. The Hall–Kier alpha value is -3.36. The SMILES string of the molecule is CCn1c(=O)[nH]c(=O)c2cc(C(=O)Nc3ccc(F)cc3F)cnc21. The van der Waals surface area contributed by atoms with Gasteiger partial charge in [-0.2, -0.15) is 0 Å². The van der Waals surface area contributed by atoms with E-state index in [1.165, 1.54) is 16.8 Å². The molecule has 0 aliphatic carbocycles. The Labute approximate surface area is 138 Å². The summed E-state index contributed by atoms with van der Waals surface area (Å²) in [6, 6.07) is 3.98. The molecule has 0 radical (unpaired) electrons. The van der Waals surface area contributed by atoms with Gasteiger partial charge in [-0.15, -0.1) is 0 Å². The number of H-pyrrole nitrogens is 1. The smallest absolute Gasteiger partial charge is 0.319 e. The topological polar surface area (TPSA) is 96.9 Å². The Kier molecular flexibility index (Phi) is 4.14. The van der Waals surface area contributed by atoms with Gasteiger partial charge in [-0.25, -0.2) is 18.6 Å². The first kappa shape index (κ1) is 16.5. The second-order valence-electron chi connectivity index (χ2n) is 5.18. The quantitative estimate of drug-likeness (QED) is 0.753. The zero-order chi connectivity index (χ0) is 18.1. The number of carbonyl (C=O) groups excluding carboxylic acids is 1. The van der Waals surface area contributed by atoms with Crippen LogP contribution in [0.25, 0.3) is 11.0 Å². The number of halogens is 2. The third kappa shape index (κ3) is 3.03. The van der Waals surface area contributed by atoms with Gasteiger partial charge < -0.3 is 5.32 Å². The summed E-state index contributed by atoms with van der Waals surface area (Å²) in [5.41, 5.74) is -1.36. The van der Waals surface area contributed by atoms with Crippen molar-refractivity contribution in [1.29, 1.82) is 0 Å². The number of amides is 1. The molecule has 3 rings (SSSR count). The molecule has 0 bridgehead atoms. The largest absolute Gasteiger partial charge is 0.329 e. The molecule has 1 aromatic carbocycles. The summed E-state index contributed by atoms with van der Waals surface area (Å²) in [6.45, 7) is 1.99. The first-order valence-electron chi connectivity index (χ1n) is 7.30. The number of nitrogens with zero attached hydrogens (tertiary/aromatic N) is 2. The molecule has 2 heterocycles. The summed E-state index contributed by atoms with van der Waals surface area (Å²) in [4.78, 5) is 42.1. The van der Waals surface area contributed by atoms with E-state index >= 15 is 0 Å². The number of anilines is 1. The van der Waals surface area contributed by atoms with Crippen LogP contribution in [0, 0.1) is 11.6 Å². The minimum absolute atomic E-state index is 0.0111. The van der Waals surface area contributed by atoms with Gasteiger partial charge in [-0.3, -0.25) is 19.1 Å². The van der Waals surface area contributed by atoms with Crippen LogP contribution in [0.1, 0.15) is 17.3 Å². The third-order valence-electron chi connectivity index (χ3n) is 3.59. The van der Waals surface area contributed by atoms with Crippen LogP contribution in [0.3, 0.4) is 0 Å². The maximum absolute atomic E-state index is 13.6. The van der Waals surface area contributed by atoms with Crippen molar-refractivity contribution in [2.45, 2.75) is 13.5 Å². The molecule has 0 saturated carbocycles. The number of rotatable bonds is 3. The number of aryl methyl sites for hydroxylation is 1. The van der Waals surface area contributed by atoms with Crippen LogP contribution in [0.4, 0.5) is 14.5 Å². The van der Waals surface area contributed by atoms with Gasteiger partial charge in [0.15, 0.2) is 0 Å². The van der Waals surface area contributed by atoms with Crippen molar-refractivity contribution in [2.75, 3.05) is 5.32 Å². The molecular formula is C16H12F2N4O3. The molecule has 1 amide bonds. The number of hydrogen-bond acceptors (Lipinski definition) is 4. The fourth-order valence-corrected chi connectivity index (χ4v) is 2.37. The molecule has 9 heteroatoms. The molecule has 7 nitrogen and oxygen atoms in total. The van der Waals surface area contributed by atoms with E-state index in [2.05, 4.69) is 15.3 Å².